The van der Waals surface area contributed by atoms with Crippen molar-refractivity contribution >= 4 is 23.0 Å². The van der Waals surface area contributed by atoms with Crippen LogP contribution in [0.1, 0.15) is 11.1 Å². The van der Waals surface area contributed by atoms with Crippen molar-refractivity contribution in [2.24, 2.45) is 11.5 Å². The first-order valence-corrected chi connectivity index (χ1v) is 6.34. The summed E-state index contributed by atoms with van der Waals surface area (Å²) in [6.45, 7) is 0. The lowest BCUT2D eigenvalue weighted by Gasteiger charge is -2.13. The Morgan fingerprint density at radius 3 is 1.27 bits per heavy atom. The molecule has 0 radical (unpaired) electrons. The van der Waals surface area contributed by atoms with Crippen LogP contribution in [0.25, 0.3) is 11.1 Å². The van der Waals surface area contributed by atoms with Crippen LogP contribution in [-0.4, -0.2) is 22.0 Å². The van der Waals surface area contributed by atoms with Crippen LogP contribution in [-0.2, 0) is 9.59 Å². The van der Waals surface area contributed by atoms with Gasteiger partial charge in [0.1, 0.15) is 11.5 Å². The molecule has 2 rings (SSSR count). The van der Waals surface area contributed by atoms with Crippen molar-refractivity contribution in [3.63, 3.8) is 0 Å². The van der Waals surface area contributed by atoms with Crippen molar-refractivity contribution in [2.75, 3.05) is 0 Å². The molecule has 0 aliphatic heterocycles. The first kappa shape index (κ1) is 15.1. The minimum Gasteiger partial charge on any atom is -0.507 e. The van der Waals surface area contributed by atoms with Crippen molar-refractivity contribution in [3.8, 4) is 11.5 Å². The minimum absolute atomic E-state index is 0.0621. The Morgan fingerprint density at radius 2 is 1.00 bits per heavy atom. The van der Waals surface area contributed by atoms with Crippen LogP contribution in [0, 0.1) is 0 Å². The van der Waals surface area contributed by atoms with Gasteiger partial charge in [0, 0.05) is 11.1 Å². The summed E-state index contributed by atoms with van der Waals surface area (Å²) < 4.78 is 0. The van der Waals surface area contributed by atoms with Gasteiger partial charge in [0.05, 0.1) is 11.1 Å². The summed E-state index contributed by atoms with van der Waals surface area (Å²) in [6.07, 6.45) is 0. The van der Waals surface area contributed by atoms with Gasteiger partial charge in [-0.05, 0) is 12.1 Å². The smallest absolute Gasteiger partial charge is 0.250 e. The van der Waals surface area contributed by atoms with Gasteiger partial charge in [0.25, 0.3) is 0 Å². The predicted octanol–water partition coefficient (Wildman–Crippen LogP) is 0.979. The fourth-order valence-electron chi connectivity index (χ4n) is 2.15. The summed E-state index contributed by atoms with van der Waals surface area (Å²) in [6, 6.07) is 11.8. The molecule has 0 atom stereocenters. The Hall–Kier alpha value is -3.28. The molecule has 2 aromatic rings. The van der Waals surface area contributed by atoms with E-state index in [0.717, 1.165) is 0 Å². The van der Waals surface area contributed by atoms with Crippen LogP contribution in [0.4, 0.5) is 0 Å². The second-order valence-corrected chi connectivity index (χ2v) is 4.51. The third-order valence-electron chi connectivity index (χ3n) is 3.09. The summed E-state index contributed by atoms with van der Waals surface area (Å²) in [5.41, 5.74) is 10.3. The number of primary amides is 2. The second-order valence-electron chi connectivity index (χ2n) is 4.51. The highest BCUT2D eigenvalue weighted by atomic mass is 16.3. The van der Waals surface area contributed by atoms with Crippen molar-refractivity contribution in [2.45, 2.75) is 0 Å². The van der Waals surface area contributed by atoms with E-state index in [-0.39, 0.29) is 33.8 Å². The highest BCUT2D eigenvalue weighted by molar-refractivity contribution is 6.39. The zero-order valence-electron chi connectivity index (χ0n) is 11.5. The van der Waals surface area contributed by atoms with Crippen LogP contribution in [0.5, 0.6) is 11.5 Å². The Balaban J connectivity index is 2.87. The van der Waals surface area contributed by atoms with Gasteiger partial charge < -0.3 is 21.7 Å². The zero-order valence-corrected chi connectivity index (χ0v) is 11.5. The molecule has 0 spiro atoms. The molecule has 0 aliphatic rings. The number of para-hydroxylation sites is 2. The van der Waals surface area contributed by atoms with E-state index in [1.54, 1.807) is 24.3 Å². The van der Waals surface area contributed by atoms with E-state index < -0.39 is 11.8 Å². The fraction of sp³-hybridized carbons (Fsp3) is 0. The Morgan fingerprint density at radius 1 is 0.682 bits per heavy atom. The van der Waals surface area contributed by atoms with Gasteiger partial charge in [0.2, 0.25) is 11.8 Å². The van der Waals surface area contributed by atoms with E-state index in [1.165, 1.54) is 24.3 Å². The molecule has 6 nitrogen and oxygen atoms in total. The molecule has 0 bridgehead atoms. The van der Waals surface area contributed by atoms with E-state index >= 15 is 0 Å². The van der Waals surface area contributed by atoms with Crippen LogP contribution in [0.3, 0.4) is 0 Å². The number of hydrogen-bond acceptors (Lipinski definition) is 4. The molecule has 6 heteroatoms. The summed E-state index contributed by atoms with van der Waals surface area (Å²) >= 11 is 0. The number of phenols is 2. The third-order valence-corrected chi connectivity index (χ3v) is 3.09. The lowest BCUT2D eigenvalue weighted by Crippen LogP contribution is -2.21. The lowest BCUT2D eigenvalue weighted by atomic mass is 9.92. The second kappa shape index (κ2) is 6.01. The van der Waals surface area contributed by atoms with Crippen molar-refractivity contribution in [1.82, 2.24) is 0 Å². The maximum atomic E-state index is 11.8. The van der Waals surface area contributed by atoms with Crippen LogP contribution >= 0.6 is 0 Å². The van der Waals surface area contributed by atoms with Crippen LogP contribution in [0.15, 0.2) is 48.5 Å². The normalized spacial score (nSPS) is 11.6. The maximum Gasteiger partial charge on any atom is 0.250 e. The number of hydrogen-bond donors (Lipinski definition) is 4. The predicted molar refractivity (Wildman–Crippen MR) is 81.4 cm³/mol. The van der Waals surface area contributed by atoms with Gasteiger partial charge in [-0.1, -0.05) is 36.4 Å². The standard InChI is InChI=1S/C16H14N2O4/c17-15(21)13(9-5-1-3-7-11(9)19)14(16(18)22)10-6-2-4-8-12(10)20/h1-8,19-20H,(H2,17,21)(H2,18,22)/b14-13-. The minimum atomic E-state index is -0.946. The number of carbonyl (C=O) groups excluding carboxylic acids is 2. The Labute approximate surface area is 126 Å². The van der Waals surface area contributed by atoms with Gasteiger partial charge in [-0.25, -0.2) is 0 Å². The highest BCUT2D eigenvalue weighted by Crippen LogP contribution is 2.34. The molecule has 0 heterocycles. The SMILES string of the molecule is NC(=O)/C(=C(\C(N)=O)c1ccccc1O)c1ccccc1O. The van der Waals surface area contributed by atoms with Crippen molar-refractivity contribution in [3.05, 3.63) is 59.7 Å². The molecule has 2 amide bonds. The van der Waals surface area contributed by atoms with Crippen molar-refractivity contribution in [1.29, 1.82) is 0 Å². The fourth-order valence-corrected chi connectivity index (χ4v) is 2.15. The lowest BCUT2D eigenvalue weighted by molar-refractivity contribution is -0.114. The van der Waals surface area contributed by atoms with Crippen LogP contribution < -0.4 is 11.5 Å². The largest absolute Gasteiger partial charge is 0.507 e. The highest BCUT2D eigenvalue weighted by Gasteiger charge is 2.24. The van der Waals surface area contributed by atoms with E-state index in [0.29, 0.717) is 0 Å². The van der Waals surface area contributed by atoms with Crippen LogP contribution in [0.2, 0.25) is 0 Å². The summed E-state index contributed by atoms with van der Waals surface area (Å²) in [4.78, 5) is 23.7. The molecule has 0 saturated heterocycles. The number of amides is 2. The molecule has 0 unspecified atom stereocenters. The van der Waals surface area contributed by atoms with E-state index in [1.807, 2.05) is 0 Å². The van der Waals surface area contributed by atoms with Crippen molar-refractivity contribution < 1.29 is 19.8 Å². The average Bonchev–Trinajstić information content (AvgIpc) is 2.46. The van der Waals surface area contributed by atoms with E-state index in [9.17, 15) is 19.8 Å². The average molecular weight is 298 g/mol. The first-order valence-electron chi connectivity index (χ1n) is 6.34. The molecular formula is C16H14N2O4. The third kappa shape index (κ3) is 2.76. The maximum absolute atomic E-state index is 11.8. The number of phenolic OH excluding ortho intramolecular Hbond substituents is 2. The number of rotatable bonds is 4. The molecule has 22 heavy (non-hydrogen) atoms. The molecule has 0 fully saturated rings. The number of carbonyl (C=O) groups is 2. The number of benzene rings is 2. The topological polar surface area (TPSA) is 127 Å². The summed E-state index contributed by atoms with van der Waals surface area (Å²) in [5, 5.41) is 19.8. The zero-order chi connectivity index (χ0) is 16.3. The quantitative estimate of drug-likeness (QED) is 0.495. The Kier molecular flexibility index (Phi) is 4.13. The summed E-state index contributed by atoms with van der Waals surface area (Å²) in [7, 11) is 0. The first-order chi connectivity index (χ1) is 10.4. The van der Waals surface area contributed by atoms with Gasteiger partial charge in [-0.15, -0.1) is 0 Å². The molecular weight excluding hydrogens is 284 g/mol. The van der Waals surface area contributed by atoms with E-state index in [2.05, 4.69) is 0 Å². The van der Waals surface area contributed by atoms with E-state index in [4.69, 9.17) is 11.5 Å². The summed E-state index contributed by atoms with van der Waals surface area (Å²) in [5.74, 6) is -2.35. The monoisotopic (exact) mass is 298 g/mol. The number of nitrogens with two attached hydrogens (primary N) is 2. The number of aromatic hydroxyl groups is 2. The van der Waals surface area contributed by atoms with Gasteiger partial charge in [-0.3, -0.25) is 9.59 Å². The Bertz CT molecular complexity index is 716. The molecule has 0 saturated carbocycles. The van der Waals surface area contributed by atoms with Gasteiger partial charge in [-0.2, -0.15) is 0 Å². The molecule has 6 N–H and O–H groups in total. The van der Waals surface area contributed by atoms with Gasteiger partial charge >= 0.3 is 0 Å². The molecule has 0 aliphatic carbocycles. The molecule has 112 valence electrons. The van der Waals surface area contributed by atoms with Gasteiger partial charge in [0.15, 0.2) is 0 Å². The molecule has 0 aromatic heterocycles. The molecule has 2 aromatic carbocycles.